The summed E-state index contributed by atoms with van der Waals surface area (Å²) in [5.41, 5.74) is 2.55. The summed E-state index contributed by atoms with van der Waals surface area (Å²) in [6, 6.07) is 14.2. The third-order valence-electron chi connectivity index (χ3n) is 3.96. The lowest BCUT2D eigenvalue weighted by atomic mass is 10.1. The molecule has 1 aromatic heterocycles. The van der Waals surface area contributed by atoms with Gasteiger partial charge in [-0.3, -0.25) is 9.59 Å². The number of anilines is 1. The molecule has 0 aliphatic rings. The fourth-order valence-corrected chi connectivity index (χ4v) is 3.03. The van der Waals surface area contributed by atoms with Crippen LogP contribution in [0.5, 0.6) is 0 Å². The van der Waals surface area contributed by atoms with Gasteiger partial charge in [-0.1, -0.05) is 50.9 Å². The number of hydrogen-bond acceptors (Lipinski definition) is 4. The van der Waals surface area contributed by atoms with E-state index in [-0.39, 0.29) is 24.6 Å². The second-order valence-electron chi connectivity index (χ2n) is 6.10. The van der Waals surface area contributed by atoms with Crippen molar-refractivity contribution in [3.8, 4) is 11.3 Å². The molecule has 2 aromatic carbocycles. The molecule has 2 N–H and O–H groups in total. The average Bonchev–Trinajstić information content (AvgIpc) is 3.15. The van der Waals surface area contributed by atoms with E-state index in [1.807, 2.05) is 31.2 Å². The predicted molar refractivity (Wildman–Crippen MR) is 111 cm³/mol. The zero-order valence-electron chi connectivity index (χ0n) is 15.0. The summed E-state index contributed by atoms with van der Waals surface area (Å²) in [6.07, 6.45) is 0.136. The van der Waals surface area contributed by atoms with Crippen molar-refractivity contribution in [2.45, 2.75) is 13.3 Å². The number of amides is 2. The van der Waals surface area contributed by atoms with E-state index in [0.717, 1.165) is 21.3 Å². The van der Waals surface area contributed by atoms with E-state index in [0.29, 0.717) is 10.8 Å². The Kier molecular flexibility index (Phi) is 6.49. The lowest BCUT2D eigenvalue weighted by Gasteiger charge is -2.09. The lowest BCUT2D eigenvalue weighted by Crippen LogP contribution is -2.28. The molecule has 6 nitrogen and oxygen atoms in total. The number of rotatable bonds is 6. The molecule has 0 bridgehead atoms. The van der Waals surface area contributed by atoms with Crippen LogP contribution in [0.4, 0.5) is 5.69 Å². The normalized spacial score (nSPS) is 10.5. The third kappa shape index (κ3) is 5.21. The molecule has 1 heterocycles. The van der Waals surface area contributed by atoms with Crippen molar-refractivity contribution in [1.29, 1.82) is 0 Å². The molecule has 0 saturated heterocycles. The highest BCUT2D eigenvalue weighted by Gasteiger charge is 2.14. The summed E-state index contributed by atoms with van der Waals surface area (Å²) < 4.78 is 6.08. The first-order valence-corrected chi connectivity index (χ1v) is 9.66. The van der Waals surface area contributed by atoms with Crippen LogP contribution < -0.4 is 10.6 Å². The van der Waals surface area contributed by atoms with Crippen LogP contribution in [0.3, 0.4) is 0 Å². The summed E-state index contributed by atoms with van der Waals surface area (Å²) in [5, 5.41) is 9.82. The van der Waals surface area contributed by atoms with Gasteiger partial charge < -0.3 is 15.2 Å². The topological polar surface area (TPSA) is 84.2 Å². The van der Waals surface area contributed by atoms with E-state index in [1.54, 1.807) is 18.2 Å². The predicted octanol–water partition coefficient (Wildman–Crippen LogP) is 4.82. The van der Waals surface area contributed by atoms with Crippen LogP contribution in [-0.4, -0.2) is 23.5 Å². The zero-order chi connectivity index (χ0) is 20.1. The molecule has 0 spiro atoms. The van der Waals surface area contributed by atoms with Gasteiger partial charge in [-0.05, 0) is 36.8 Å². The summed E-state index contributed by atoms with van der Waals surface area (Å²) in [6.45, 7) is 2.09. The van der Waals surface area contributed by atoms with E-state index in [2.05, 4.69) is 31.7 Å². The maximum absolute atomic E-state index is 12.2. The average molecular weight is 463 g/mol. The van der Waals surface area contributed by atoms with Crippen LogP contribution in [0.25, 0.3) is 11.3 Å². The number of aryl methyl sites for hydroxylation is 1. The Morgan fingerprint density at radius 3 is 2.79 bits per heavy atom. The number of halogens is 2. The van der Waals surface area contributed by atoms with Gasteiger partial charge in [-0.15, -0.1) is 0 Å². The molecule has 8 heteroatoms. The van der Waals surface area contributed by atoms with Gasteiger partial charge >= 0.3 is 0 Å². The van der Waals surface area contributed by atoms with Gasteiger partial charge in [0.25, 0.3) is 5.91 Å². The second-order valence-corrected chi connectivity index (χ2v) is 7.45. The van der Waals surface area contributed by atoms with Gasteiger partial charge in [0.05, 0.1) is 0 Å². The van der Waals surface area contributed by atoms with Crippen LogP contribution in [0.2, 0.25) is 5.02 Å². The van der Waals surface area contributed by atoms with Gasteiger partial charge in [0.15, 0.2) is 11.5 Å². The fraction of sp³-hybridized carbons (Fsp3) is 0.150. The molecule has 3 aromatic rings. The quantitative estimate of drug-likeness (QED) is 0.550. The Bertz CT molecular complexity index is 1020. The summed E-state index contributed by atoms with van der Waals surface area (Å²) in [7, 11) is 0. The SMILES string of the molecule is Cc1ccc(Br)cc1NC(=O)CCNC(=O)c1cc(-c2cccc(Cl)c2)on1. The number of carbonyl (C=O) groups is 2. The molecule has 0 saturated carbocycles. The molecule has 144 valence electrons. The molecule has 0 aliphatic carbocycles. The molecule has 3 rings (SSSR count). The van der Waals surface area contributed by atoms with Gasteiger partial charge in [0.2, 0.25) is 5.91 Å². The molecule has 0 radical (unpaired) electrons. The minimum absolute atomic E-state index is 0.136. The minimum atomic E-state index is -0.413. The molecule has 0 fully saturated rings. The lowest BCUT2D eigenvalue weighted by molar-refractivity contribution is -0.116. The molecule has 0 aliphatic heterocycles. The van der Waals surface area contributed by atoms with Crippen molar-refractivity contribution in [3.05, 3.63) is 69.3 Å². The zero-order valence-corrected chi connectivity index (χ0v) is 17.3. The van der Waals surface area contributed by atoms with Gasteiger partial charge in [-0.2, -0.15) is 0 Å². The van der Waals surface area contributed by atoms with E-state index in [1.165, 1.54) is 6.07 Å². The molecule has 0 atom stereocenters. The number of benzene rings is 2. The highest BCUT2D eigenvalue weighted by molar-refractivity contribution is 9.10. The molecular weight excluding hydrogens is 446 g/mol. The highest BCUT2D eigenvalue weighted by Crippen LogP contribution is 2.23. The number of nitrogens with zero attached hydrogens (tertiary/aromatic N) is 1. The van der Waals surface area contributed by atoms with Crippen molar-refractivity contribution in [2.75, 3.05) is 11.9 Å². The van der Waals surface area contributed by atoms with Crippen LogP contribution >= 0.6 is 27.5 Å². The number of hydrogen-bond donors (Lipinski definition) is 2. The van der Waals surface area contributed by atoms with Crippen LogP contribution in [-0.2, 0) is 4.79 Å². The maximum atomic E-state index is 12.2. The summed E-state index contributed by atoms with van der Waals surface area (Å²) in [4.78, 5) is 24.3. The first kappa shape index (κ1) is 20.1. The van der Waals surface area contributed by atoms with Crippen molar-refractivity contribution < 1.29 is 14.1 Å². The van der Waals surface area contributed by atoms with Gasteiger partial charge in [0, 0.05) is 39.8 Å². The first-order valence-electron chi connectivity index (χ1n) is 8.49. The standard InChI is InChI=1S/C20H17BrClN3O3/c1-12-5-6-14(21)10-16(12)24-19(26)7-8-23-20(27)17-11-18(28-25-17)13-3-2-4-15(22)9-13/h2-6,9-11H,7-8H2,1H3,(H,23,27)(H,24,26). The van der Waals surface area contributed by atoms with Gasteiger partial charge in [0.1, 0.15) is 0 Å². The largest absolute Gasteiger partial charge is 0.355 e. The molecule has 0 unspecified atom stereocenters. The van der Waals surface area contributed by atoms with E-state index in [9.17, 15) is 9.59 Å². The number of carbonyl (C=O) groups excluding carboxylic acids is 2. The van der Waals surface area contributed by atoms with Crippen molar-refractivity contribution in [3.63, 3.8) is 0 Å². The molecule has 2 amide bonds. The molecule has 28 heavy (non-hydrogen) atoms. The number of nitrogens with one attached hydrogen (secondary N) is 2. The first-order chi connectivity index (χ1) is 13.4. The Morgan fingerprint density at radius 2 is 2.00 bits per heavy atom. The third-order valence-corrected chi connectivity index (χ3v) is 4.69. The highest BCUT2D eigenvalue weighted by atomic mass is 79.9. The fourth-order valence-electron chi connectivity index (χ4n) is 2.48. The summed E-state index contributed by atoms with van der Waals surface area (Å²) >= 11 is 9.33. The van der Waals surface area contributed by atoms with E-state index in [4.69, 9.17) is 16.1 Å². The van der Waals surface area contributed by atoms with Crippen LogP contribution in [0, 0.1) is 6.92 Å². The Balaban J connectivity index is 1.52. The Hall–Kier alpha value is -2.64. The maximum Gasteiger partial charge on any atom is 0.273 e. The van der Waals surface area contributed by atoms with Crippen molar-refractivity contribution >= 4 is 45.0 Å². The van der Waals surface area contributed by atoms with Crippen molar-refractivity contribution in [2.24, 2.45) is 0 Å². The minimum Gasteiger partial charge on any atom is -0.355 e. The Morgan fingerprint density at radius 1 is 1.18 bits per heavy atom. The van der Waals surface area contributed by atoms with Crippen LogP contribution in [0.15, 0.2) is 57.5 Å². The van der Waals surface area contributed by atoms with Gasteiger partial charge in [-0.25, -0.2) is 0 Å². The van der Waals surface area contributed by atoms with Crippen LogP contribution in [0.1, 0.15) is 22.5 Å². The van der Waals surface area contributed by atoms with Crippen molar-refractivity contribution in [1.82, 2.24) is 10.5 Å². The summed E-state index contributed by atoms with van der Waals surface area (Å²) in [5.74, 6) is -0.166. The smallest absolute Gasteiger partial charge is 0.273 e. The monoisotopic (exact) mass is 461 g/mol. The van der Waals surface area contributed by atoms with E-state index >= 15 is 0 Å². The number of aromatic nitrogens is 1. The second kappa shape index (κ2) is 9.03. The Labute approximate surface area is 175 Å². The molecular formula is C20H17BrClN3O3. The van der Waals surface area contributed by atoms with E-state index < -0.39 is 5.91 Å².